The third-order valence-corrected chi connectivity index (χ3v) is 3.15. The van der Waals surface area contributed by atoms with Gasteiger partial charge in [0.25, 0.3) is 0 Å². The van der Waals surface area contributed by atoms with Crippen molar-refractivity contribution in [2.45, 2.75) is 51.9 Å². The fourth-order valence-electron chi connectivity index (χ4n) is 1.99. The van der Waals surface area contributed by atoms with E-state index in [9.17, 15) is 5.11 Å². The number of piperidine rings is 1. The second kappa shape index (κ2) is 5.69. The average molecular weight is 201 g/mol. The number of aliphatic hydroxyl groups is 1. The SMILES string of the molecule is CCOC1CCN(C(C)C(C)O)CC1. The smallest absolute Gasteiger partial charge is 0.0664 e. The minimum absolute atomic E-state index is 0.237. The third-order valence-electron chi connectivity index (χ3n) is 3.15. The quantitative estimate of drug-likeness (QED) is 0.743. The van der Waals surface area contributed by atoms with Crippen LogP contribution < -0.4 is 0 Å². The summed E-state index contributed by atoms with van der Waals surface area (Å²) in [5.74, 6) is 0. The maximum atomic E-state index is 9.47. The van der Waals surface area contributed by atoms with Crippen LogP contribution in [-0.2, 0) is 4.74 Å². The molecule has 1 saturated heterocycles. The van der Waals surface area contributed by atoms with Crippen LogP contribution in [0.3, 0.4) is 0 Å². The van der Waals surface area contributed by atoms with Gasteiger partial charge in [-0.1, -0.05) is 0 Å². The summed E-state index contributed by atoms with van der Waals surface area (Å²) in [4.78, 5) is 2.35. The molecule has 14 heavy (non-hydrogen) atoms. The van der Waals surface area contributed by atoms with Crippen molar-refractivity contribution in [3.63, 3.8) is 0 Å². The van der Waals surface area contributed by atoms with E-state index in [1.807, 2.05) is 13.8 Å². The fraction of sp³-hybridized carbons (Fsp3) is 1.00. The van der Waals surface area contributed by atoms with Crippen LogP contribution in [0.4, 0.5) is 0 Å². The number of hydrogen-bond donors (Lipinski definition) is 1. The summed E-state index contributed by atoms with van der Waals surface area (Å²) in [6.45, 7) is 8.92. The highest BCUT2D eigenvalue weighted by molar-refractivity contribution is 4.78. The maximum Gasteiger partial charge on any atom is 0.0664 e. The van der Waals surface area contributed by atoms with Gasteiger partial charge in [0, 0.05) is 25.7 Å². The van der Waals surface area contributed by atoms with Crippen molar-refractivity contribution in [3.05, 3.63) is 0 Å². The molecule has 0 spiro atoms. The molecule has 0 amide bonds. The molecular weight excluding hydrogens is 178 g/mol. The topological polar surface area (TPSA) is 32.7 Å². The normalized spacial score (nSPS) is 24.9. The summed E-state index contributed by atoms with van der Waals surface area (Å²) in [6.07, 6.45) is 2.41. The van der Waals surface area contributed by atoms with E-state index in [0.717, 1.165) is 32.5 Å². The van der Waals surface area contributed by atoms with Crippen LogP contribution in [0, 0.1) is 0 Å². The molecule has 0 aliphatic carbocycles. The molecule has 1 fully saturated rings. The standard InChI is InChI=1S/C11H23NO2/c1-4-14-11-5-7-12(8-6-11)9(2)10(3)13/h9-11,13H,4-8H2,1-3H3. The Bertz CT molecular complexity index is 153. The van der Waals surface area contributed by atoms with Crippen LogP contribution in [0.2, 0.25) is 0 Å². The summed E-state index contributed by atoms with van der Waals surface area (Å²) in [6, 6.07) is 0.276. The molecule has 0 radical (unpaired) electrons. The molecule has 2 atom stereocenters. The molecule has 1 aliphatic rings. The van der Waals surface area contributed by atoms with E-state index < -0.39 is 0 Å². The van der Waals surface area contributed by atoms with Crippen LogP contribution in [0.5, 0.6) is 0 Å². The van der Waals surface area contributed by atoms with Crippen molar-refractivity contribution in [1.29, 1.82) is 0 Å². The Hall–Kier alpha value is -0.120. The molecular formula is C11H23NO2. The van der Waals surface area contributed by atoms with Crippen LogP contribution in [0.25, 0.3) is 0 Å². The summed E-state index contributed by atoms with van der Waals surface area (Å²) < 4.78 is 5.58. The minimum atomic E-state index is -0.237. The largest absolute Gasteiger partial charge is 0.392 e. The maximum absolute atomic E-state index is 9.47. The Morgan fingerprint density at radius 1 is 1.36 bits per heavy atom. The molecule has 2 unspecified atom stereocenters. The van der Waals surface area contributed by atoms with Gasteiger partial charge in [-0.15, -0.1) is 0 Å². The van der Waals surface area contributed by atoms with E-state index in [-0.39, 0.29) is 12.1 Å². The lowest BCUT2D eigenvalue weighted by Crippen LogP contribution is -2.46. The van der Waals surface area contributed by atoms with Crippen molar-refractivity contribution in [2.24, 2.45) is 0 Å². The van der Waals surface area contributed by atoms with Crippen LogP contribution >= 0.6 is 0 Å². The molecule has 84 valence electrons. The second-order valence-electron chi connectivity index (χ2n) is 4.17. The first-order valence-corrected chi connectivity index (χ1v) is 5.68. The second-order valence-corrected chi connectivity index (χ2v) is 4.17. The van der Waals surface area contributed by atoms with Crippen LogP contribution in [0.1, 0.15) is 33.6 Å². The van der Waals surface area contributed by atoms with Crippen LogP contribution in [-0.4, -0.2) is 48.0 Å². The molecule has 0 saturated carbocycles. The Morgan fingerprint density at radius 3 is 2.36 bits per heavy atom. The van der Waals surface area contributed by atoms with Gasteiger partial charge in [-0.3, -0.25) is 4.90 Å². The van der Waals surface area contributed by atoms with E-state index in [4.69, 9.17) is 4.74 Å². The van der Waals surface area contributed by atoms with E-state index in [1.165, 1.54) is 0 Å². The van der Waals surface area contributed by atoms with Crippen molar-refractivity contribution >= 4 is 0 Å². The Balaban J connectivity index is 2.28. The molecule has 1 aliphatic heterocycles. The molecule has 3 nitrogen and oxygen atoms in total. The minimum Gasteiger partial charge on any atom is -0.392 e. The molecule has 0 aromatic carbocycles. The number of likely N-dealkylation sites (tertiary alicyclic amines) is 1. The monoisotopic (exact) mass is 201 g/mol. The van der Waals surface area contributed by atoms with E-state index >= 15 is 0 Å². The lowest BCUT2D eigenvalue weighted by Gasteiger charge is -2.36. The predicted molar refractivity (Wildman–Crippen MR) is 57.4 cm³/mol. The van der Waals surface area contributed by atoms with Gasteiger partial charge in [-0.2, -0.15) is 0 Å². The van der Waals surface area contributed by atoms with Crippen molar-refractivity contribution in [3.8, 4) is 0 Å². The zero-order valence-electron chi connectivity index (χ0n) is 9.57. The van der Waals surface area contributed by atoms with Gasteiger partial charge in [0.05, 0.1) is 12.2 Å². The van der Waals surface area contributed by atoms with Gasteiger partial charge in [0.1, 0.15) is 0 Å². The van der Waals surface area contributed by atoms with Crippen LogP contribution in [0.15, 0.2) is 0 Å². The predicted octanol–water partition coefficient (Wildman–Crippen LogP) is 1.26. The van der Waals surface area contributed by atoms with Crippen molar-refractivity contribution < 1.29 is 9.84 Å². The molecule has 0 aromatic rings. The Morgan fingerprint density at radius 2 is 1.93 bits per heavy atom. The highest BCUT2D eigenvalue weighted by Gasteiger charge is 2.24. The molecule has 0 aromatic heterocycles. The lowest BCUT2D eigenvalue weighted by molar-refractivity contribution is -0.0125. The van der Waals surface area contributed by atoms with Crippen molar-refractivity contribution in [2.75, 3.05) is 19.7 Å². The number of ether oxygens (including phenoxy) is 1. The molecule has 1 heterocycles. The first-order valence-electron chi connectivity index (χ1n) is 5.68. The van der Waals surface area contributed by atoms with Gasteiger partial charge >= 0.3 is 0 Å². The number of rotatable bonds is 4. The summed E-state index contributed by atoms with van der Waals surface area (Å²) in [7, 11) is 0. The average Bonchev–Trinajstić information content (AvgIpc) is 2.18. The first kappa shape index (κ1) is 12.0. The third kappa shape index (κ3) is 3.23. The number of hydrogen-bond acceptors (Lipinski definition) is 3. The van der Waals surface area contributed by atoms with E-state index in [0.29, 0.717) is 6.10 Å². The molecule has 1 N–H and O–H groups in total. The Kier molecular flexibility index (Phi) is 4.85. The molecule has 1 rings (SSSR count). The zero-order valence-corrected chi connectivity index (χ0v) is 9.57. The molecule has 3 heteroatoms. The van der Waals surface area contributed by atoms with Gasteiger partial charge in [0.15, 0.2) is 0 Å². The van der Waals surface area contributed by atoms with Gasteiger partial charge < -0.3 is 9.84 Å². The number of nitrogens with zero attached hydrogens (tertiary/aromatic N) is 1. The summed E-state index contributed by atoms with van der Waals surface area (Å²) in [5, 5.41) is 9.47. The summed E-state index contributed by atoms with van der Waals surface area (Å²) in [5.41, 5.74) is 0. The van der Waals surface area contributed by atoms with Gasteiger partial charge in [-0.25, -0.2) is 0 Å². The van der Waals surface area contributed by atoms with Gasteiger partial charge in [-0.05, 0) is 33.6 Å². The van der Waals surface area contributed by atoms with E-state index in [1.54, 1.807) is 0 Å². The Labute approximate surface area is 87.1 Å². The zero-order chi connectivity index (χ0) is 10.6. The first-order chi connectivity index (χ1) is 6.65. The summed E-state index contributed by atoms with van der Waals surface area (Å²) >= 11 is 0. The van der Waals surface area contributed by atoms with E-state index in [2.05, 4.69) is 11.8 Å². The highest BCUT2D eigenvalue weighted by atomic mass is 16.5. The number of aliphatic hydroxyl groups excluding tert-OH is 1. The van der Waals surface area contributed by atoms with Gasteiger partial charge in [0.2, 0.25) is 0 Å². The molecule has 0 bridgehead atoms. The highest BCUT2D eigenvalue weighted by Crippen LogP contribution is 2.17. The lowest BCUT2D eigenvalue weighted by atomic mass is 10.0. The fourth-order valence-corrected chi connectivity index (χ4v) is 1.99. The van der Waals surface area contributed by atoms with Crippen molar-refractivity contribution in [1.82, 2.24) is 4.90 Å².